The molecule has 4 aromatic carbocycles. The van der Waals surface area contributed by atoms with E-state index in [1.807, 2.05) is 0 Å². The standard InChI is InChI=1S/C44H42O10S2/c1-19(2)29-35-33(27(39(47)43(29)51)17-55-25-13-9-23(53-7)10-14-25)41(49)31(21(5)37(35)45)32-22(6)38(46)36-30(20(3)4)44(52)40(48)28(34(36)42(32)50)18-56-26-15-11-24(54-8)12-16-26/h9-16,19-20,47-48,51-52H,17-18H2,1-8H3. The van der Waals surface area contributed by atoms with Gasteiger partial charge in [0.15, 0.2) is 46.1 Å². The molecule has 0 aromatic heterocycles. The number of thioether (sulfide) groups is 2. The molecule has 0 bridgehead atoms. The quantitative estimate of drug-likeness (QED) is 0.0840. The molecule has 6 rings (SSSR count). The van der Waals surface area contributed by atoms with E-state index < -0.39 is 58.0 Å². The number of phenolic OH excluding ortho intramolecular Hbond substituents is 4. The maximum atomic E-state index is 15.0. The predicted octanol–water partition coefficient (Wildman–Crippen LogP) is 9.45. The second kappa shape index (κ2) is 15.6. The zero-order chi connectivity index (χ0) is 40.9. The molecule has 0 unspecified atom stereocenters. The first-order valence-corrected chi connectivity index (χ1v) is 19.9. The molecule has 0 saturated carbocycles. The first kappa shape index (κ1) is 40.2. The predicted molar refractivity (Wildman–Crippen MR) is 216 cm³/mol. The third-order valence-electron chi connectivity index (χ3n) is 10.3. The molecular formula is C44H42O10S2. The number of phenols is 4. The summed E-state index contributed by atoms with van der Waals surface area (Å²) in [4.78, 5) is 60.7. The second-order valence-corrected chi connectivity index (χ2v) is 16.3. The number of rotatable bonds is 11. The molecule has 0 amide bonds. The van der Waals surface area contributed by atoms with Crippen LogP contribution in [0.5, 0.6) is 34.5 Å². The Morgan fingerprint density at radius 3 is 1.11 bits per heavy atom. The molecule has 4 N–H and O–H groups in total. The highest BCUT2D eigenvalue weighted by molar-refractivity contribution is 7.98. The van der Waals surface area contributed by atoms with E-state index in [0.717, 1.165) is 9.79 Å². The molecule has 10 nitrogen and oxygen atoms in total. The van der Waals surface area contributed by atoms with Gasteiger partial charge in [-0.3, -0.25) is 19.2 Å². The fourth-order valence-electron chi connectivity index (χ4n) is 7.41. The maximum Gasteiger partial charge on any atom is 0.195 e. The van der Waals surface area contributed by atoms with Gasteiger partial charge in [0.05, 0.1) is 14.2 Å². The van der Waals surface area contributed by atoms with E-state index in [2.05, 4.69) is 0 Å². The van der Waals surface area contributed by atoms with Crippen molar-refractivity contribution in [2.45, 2.75) is 74.7 Å². The summed E-state index contributed by atoms with van der Waals surface area (Å²) in [6.45, 7) is 9.69. The Labute approximate surface area is 333 Å². The number of fused-ring (bicyclic) bond motifs is 2. The Balaban J connectivity index is 1.54. The molecule has 2 aliphatic carbocycles. The fourth-order valence-corrected chi connectivity index (χ4v) is 9.25. The fraction of sp³-hybridized carbons (Fsp3) is 0.273. The molecule has 0 fully saturated rings. The summed E-state index contributed by atoms with van der Waals surface area (Å²) >= 11 is 2.50. The normalized spacial score (nSPS) is 14.2. The lowest BCUT2D eigenvalue weighted by molar-refractivity contribution is 0.0950. The highest BCUT2D eigenvalue weighted by Gasteiger charge is 2.45. The van der Waals surface area contributed by atoms with Crippen LogP contribution in [0.4, 0.5) is 0 Å². The van der Waals surface area contributed by atoms with E-state index in [-0.39, 0.29) is 78.3 Å². The van der Waals surface area contributed by atoms with Crippen LogP contribution in [0.1, 0.15) is 117 Å². The van der Waals surface area contributed by atoms with Gasteiger partial charge in [0, 0.05) is 88.1 Å². The molecule has 2 aliphatic rings. The molecule has 4 aromatic rings. The molecule has 0 atom stereocenters. The van der Waals surface area contributed by atoms with Crippen LogP contribution >= 0.6 is 23.5 Å². The van der Waals surface area contributed by atoms with Gasteiger partial charge < -0.3 is 29.9 Å². The van der Waals surface area contributed by atoms with E-state index in [9.17, 15) is 30.0 Å². The number of methoxy groups -OCH3 is 2. The number of allylic oxidation sites excluding steroid dienone is 4. The van der Waals surface area contributed by atoms with Gasteiger partial charge in [0.1, 0.15) is 11.5 Å². The van der Waals surface area contributed by atoms with Crippen molar-refractivity contribution in [1.29, 1.82) is 0 Å². The van der Waals surface area contributed by atoms with Gasteiger partial charge in [-0.2, -0.15) is 0 Å². The molecule has 0 heterocycles. The van der Waals surface area contributed by atoms with Gasteiger partial charge in [0.25, 0.3) is 0 Å². The second-order valence-electron chi connectivity index (χ2n) is 14.2. The molecule has 0 saturated heterocycles. The zero-order valence-corrected chi connectivity index (χ0v) is 33.9. The van der Waals surface area contributed by atoms with Crippen molar-refractivity contribution in [2.24, 2.45) is 0 Å². The maximum absolute atomic E-state index is 15.0. The summed E-state index contributed by atoms with van der Waals surface area (Å²) in [5.41, 5.74) is -1.08. The number of aromatic hydroxyl groups is 4. The smallest absolute Gasteiger partial charge is 0.195 e. The number of Topliss-reactive ketones (excluding diaryl/α,β-unsaturated/α-hetero) is 4. The van der Waals surface area contributed by atoms with E-state index in [0.29, 0.717) is 11.5 Å². The SMILES string of the molecule is COc1ccc(SCc2c(O)c(O)c(C(C)C)c3c2C(=O)C(C2=C(C)C(=O)c4c(c(CSc5ccc(OC)cc5)c(O)c(O)c4C(C)C)C2=O)=C(C)C3=O)cc1. The number of hydrogen-bond donors (Lipinski definition) is 4. The van der Waals surface area contributed by atoms with Crippen LogP contribution in [0.3, 0.4) is 0 Å². The Bertz CT molecular complexity index is 2230. The van der Waals surface area contributed by atoms with Crippen molar-refractivity contribution in [3.05, 3.63) is 115 Å². The summed E-state index contributed by atoms with van der Waals surface area (Å²) in [6, 6.07) is 14.2. The Morgan fingerprint density at radius 1 is 0.500 bits per heavy atom. The zero-order valence-electron chi connectivity index (χ0n) is 32.2. The number of carbonyl (C=O) groups is 4. The largest absolute Gasteiger partial charge is 0.504 e. The molecule has 0 radical (unpaired) electrons. The lowest BCUT2D eigenvalue weighted by Gasteiger charge is -2.31. The van der Waals surface area contributed by atoms with Crippen molar-refractivity contribution < 1.29 is 49.1 Å². The minimum absolute atomic E-state index is 0.000507. The van der Waals surface area contributed by atoms with Crippen molar-refractivity contribution in [3.8, 4) is 34.5 Å². The number of ketones is 4. The molecule has 0 spiro atoms. The topological polar surface area (TPSA) is 168 Å². The molecule has 290 valence electrons. The summed E-state index contributed by atoms with van der Waals surface area (Å²) in [5.74, 6) is -4.75. The molecule has 56 heavy (non-hydrogen) atoms. The Morgan fingerprint density at radius 2 is 0.821 bits per heavy atom. The molecule has 0 aliphatic heterocycles. The van der Waals surface area contributed by atoms with Gasteiger partial charge in [-0.1, -0.05) is 27.7 Å². The van der Waals surface area contributed by atoms with Crippen LogP contribution in [0.15, 0.2) is 80.6 Å². The summed E-state index contributed by atoms with van der Waals surface area (Å²) in [5, 5.41) is 45.6. The monoisotopic (exact) mass is 794 g/mol. The van der Waals surface area contributed by atoms with Crippen LogP contribution in [0, 0.1) is 0 Å². The number of benzene rings is 4. The lowest BCUT2D eigenvalue weighted by atomic mass is 9.70. The third-order valence-corrected chi connectivity index (χ3v) is 12.3. The summed E-state index contributed by atoms with van der Waals surface area (Å²) in [7, 11) is 3.08. The van der Waals surface area contributed by atoms with Gasteiger partial charge in [-0.15, -0.1) is 23.5 Å². The van der Waals surface area contributed by atoms with Crippen LogP contribution in [-0.4, -0.2) is 57.8 Å². The molecule has 12 heteroatoms. The van der Waals surface area contributed by atoms with Crippen LogP contribution in [-0.2, 0) is 11.5 Å². The number of hydrogen-bond acceptors (Lipinski definition) is 12. The van der Waals surface area contributed by atoms with E-state index in [4.69, 9.17) is 9.47 Å². The Kier molecular flexibility index (Phi) is 11.2. The van der Waals surface area contributed by atoms with Gasteiger partial charge >= 0.3 is 0 Å². The van der Waals surface area contributed by atoms with Gasteiger partial charge in [-0.25, -0.2) is 0 Å². The van der Waals surface area contributed by atoms with E-state index in [1.54, 1.807) is 90.4 Å². The van der Waals surface area contributed by atoms with Gasteiger partial charge in [0.2, 0.25) is 0 Å². The average Bonchev–Trinajstić information content (AvgIpc) is 3.17. The van der Waals surface area contributed by atoms with Crippen LogP contribution in [0.2, 0.25) is 0 Å². The van der Waals surface area contributed by atoms with E-state index >= 15 is 9.59 Å². The number of ether oxygens (including phenoxy) is 2. The summed E-state index contributed by atoms with van der Waals surface area (Å²) in [6.07, 6.45) is 0. The molecular weight excluding hydrogens is 753 g/mol. The first-order chi connectivity index (χ1) is 26.5. The van der Waals surface area contributed by atoms with Crippen molar-refractivity contribution >= 4 is 46.7 Å². The number of carbonyl (C=O) groups excluding carboxylic acids is 4. The van der Waals surface area contributed by atoms with Crippen LogP contribution in [0.25, 0.3) is 0 Å². The Hall–Kier alpha value is -5.46. The minimum Gasteiger partial charge on any atom is -0.504 e. The highest BCUT2D eigenvalue weighted by atomic mass is 32.2. The third kappa shape index (κ3) is 6.64. The van der Waals surface area contributed by atoms with Gasteiger partial charge in [-0.05, 0) is 74.2 Å². The minimum atomic E-state index is -0.764. The van der Waals surface area contributed by atoms with Crippen molar-refractivity contribution in [2.75, 3.05) is 14.2 Å². The lowest BCUT2D eigenvalue weighted by Crippen LogP contribution is -2.32. The van der Waals surface area contributed by atoms with Crippen molar-refractivity contribution in [1.82, 2.24) is 0 Å². The van der Waals surface area contributed by atoms with E-state index in [1.165, 1.54) is 37.4 Å². The first-order valence-electron chi connectivity index (χ1n) is 17.9. The van der Waals surface area contributed by atoms with Crippen LogP contribution < -0.4 is 9.47 Å². The summed E-state index contributed by atoms with van der Waals surface area (Å²) < 4.78 is 10.5. The average molecular weight is 795 g/mol. The highest BCUT2D eigenvalue weighted by Crippen LogP contribution is 2.51. The van der Waals surface area contributed by atoms with Crippen molar-refractivity contribution in [3.63, 3.8) is 0 Å².